The van der Waals surface area contributed by atoms with Gasteiger partial charge in [0, 0.05) is 24.7 Å². The van der Waals surface area contributed by atoms with Crippen molar-refractivity contribution in [3.05, 3.63) is 83.4 Å². The number of anilines is 1. The SMILES string of the molecule is O=C(COC(=O)[C@@H]1Cc2ccccc2CN1S(=O)(=O)c1ccccc1C(F)(F)F)Nc1ccc2c(c1)OCO2. The summed E-state index contributed by atoms with van der Waals surface area (Å²) < 4.78 is 84.4. The molecule has 1 N–H and O–H groups in total. The van der Waals surface area contributed by atoms with Gasteiger partial charge in [-0.15, -0.1) is 0 Å². The van der Waals surface area contributed by atoms with Gasteiger partial charge in [0.2, 0.25) is 16.8 Å². The van der Waals surface area contributed by atoms with Crippen molar-refractivity contribution in [1.82, 2.24) is 4.31 Å². The number of carbonyl (C=O) groups is 2. The molecule has 2 heterocycles. The van der Waals surface area contributed by atoms with Gasteiger partial charge in [0.25, 0.3) is 5.91 Å². The first kappa shape index (κ1) is 26.5. The number of nitrogens with zero attached hydrogens (tertiary/aromatic N) is 1. The molecule has 0 aromatic heterocycles. The number of amides is 1. The molecule has 0 aliphatic carbocycles. The summed E-state index contributed by atoms with van der Waals surface area (Å²) in [7, 11) is -4.82. The van der Waals surface area contributed by atoms with Gasteiger partial charge in [-0.05, 0) is 35.4 Å². The molecule has 0 saturated heterocycles. The molecule has 2 aliphatic rings. The van der Waals surface area contributed by atoms with Gasteiger partial charge in [-0.2, -0.15) is 17.5 Å². The Labute approximate surface area is 221 Å². The highest BCUT2D eigenvalue weighted by molar-refractivity contribution is 7.89. The van der Waals surface area contributed by atoms with E-state index in [0.29, 0.717) is 38.7 Å². The van der Waals surface area contributed by atoms with E-state index in [-0.39, 0.29) is 19.8 Å². The van der Waals surface area contributed by atoms with Crippen LogP contribution in [0.5, 0.6) is 11.5 Å². The molecule has 0 bridgehead atoms. The van der Waals surface area contributed by atoms with Crippen molar-refractivity contribution in [2.75, 3.05) is 18.7 Å². The molecule has 2 aliphatic heterocycles. The number of ether oxygens (including phenoxy) is 3. The monoisotopic (exact) mass is 562 g/mol. The number of carbonyl (C=O) groups excluding carboxylic acids is 2. The number of alkyl halides is 3. The predicted molar refractivity (Wildman–Crippen MR) is 130 cm³/mol. The molecule has 204 valence electrons. The maximum atomic E-state index is 13.7. The third kappa shape index (κ3) is 5.40. The number of sulfonamides is 1. The van der Waals surface area contributed by atoms with Gasteiger partial charge in [-0.3, -0.25) is 9.59 Å². The van der Waals surface area contributed by atoms with Crippen LogP contribution in [0.3, 0.4) is 0 Å². The van der Waals surface area contributed by atoms with E-state index in [9.17, 15) is 31.2 Å². The molecule has 3 aromatic rings. The Bertz CT molecular complexity index is 1540. The second kappa shape index (κ2) is 10.2. The Hall–Kier alpha value is -4.10. The summed E-state index contributed by atoms with van der Waals surface area (Å²) in [6.45, 7) is -1.06. The Morgan fingerprint density at radius 3 is 2.44 bits per heavy atom. The van der Waals surface area contributed by atoms with Gasteiger partial charge in [0.05, 0.1) is 10.5 Å². The number of esters is 1. The van der Waals surface area contributed by atoms with Crippen LogP contribution >= 0.6 is 0 Å². The van der Waals surface area contributed by atoms with Crippen LogP contribution in [0, 0.1) is 0 Å². The summed E-state index contributed by atoms with van der Waals surface area (Å²) in [5, 5.41) is 2.53. The third-order valence-electron chi connectivity index (χ3n) is 6.26. The van der Waals surface area contributed by atoms with E-state index in [0.717, 1.165) is 12.1 Å². The molecule has 9 nitrogen and oxygen atoms in total. The lowest BCUT2D eigenvalue weighted by Gasteiger charge is -2.34. The summed E-state index contributed by atoms with van der Waals surface area (Å²) in [5.41, 5.74) is 0.175. The van der Waals surface area contributed by atoms with Gasteiger partial charge >= 0.3 is 12.1 Å². The second-order valence-corrected chi connectivity index (χ2v) is 10.6. The van der Waals surface area contributed by atoms with Crippen molar-refractivity contribution in [1.29, 1.82) is 0 Å². The summed E-state index contributed by atoms with van der Waals surface area (Å²) >= 11 is 0. The minimum absolute atomic E-state index is 0.0434. The fourth-order valence-electron chi connectivity index (χ4n) is 4.41. The number of hydrogen-bond acceptors (Lipinski definition) is 7. The van der Waals surface area contributed by atoms with Gasteiger partial charge in [0.15, 0.2) is 18.1 Å². The maximum absolute atomic E-state index is 13.7. The van der Waals surface area contributed by atoms with E-state index < -0.39 is 51.2 Å². The van der Waals surface area contributed by atoms with Crippen LogP contribution in [0.25, 0.3) is 0 Å². The number of benzene rings is 3. The zero-order valence-electron chi connectivity index (χ0n) is 20.1. The Kier molecular flexibility index (Phi) is 6.95. The van der Waals surface area contributed by atoms with E-state index in [1.807, 2.05) is 0 Å². The summed E-state index contributed by atoms with van der Waals surface area (Å²) in [5.74, 6) is -0.857. The molecule has 0 radical (unpaired) electrons. The first-order chi connectivity index (χ1) is 18.5. The van der Waals surface area contributed by atoms with Crippen LogP contribution < -0.4 is 14.8 Å². The van der Waals surface area contributed by atoms with E-state index >= 15 is 0 Å². The van der Waals surface area contributed by atoms with Crippen LogP contribution in [0.15, 0.2) is 71.6 Å². The summed E-state index contributed by atoms with van der Waals surface area (Å²) in [4.78, 5) is 24.6. The molecule has 39 heavy (non-hydrogen) atoms. The summed E-state index contributed by atoms with van der Waals surface area (Å²) in [6, 6.07) is 13.6. The Balaban J connectivity index is 1.37. The lowest BCUT2D eigenvalue weighted by molar-refractivity contribution is -0.151. The normalized spacial score (nSPS) is 16.8. The van der Waals surface area contributed by atoms with Crippen LogP contribution in [-0.2, 0) is 43.5 Å². The first-order valence-corrected chi connectivity index (χ1v) is 13.1. The fourth-order valence-corrected chi connectivity index (χ4v) is 6.18. The average molecular weight is 563 g/mol. The first-order valence-electron chi connectivity index (χ1n) is 11.6. The fraction of sp³-hybridized carbons (Fsp3) is 0.231. The van der Waals surface area contributed by atoms with Gasteiger partial charge in [0.1, 0.15) is 6.04 Å². The molecular weight excluding hydrogens is 541 g/mol. The van der Waals surface area contributed by atoms with Crippen molar-refractivity contribution in [2.24, 2.45) is 0 Å². The van der Waals surface area contributed by atoms with Gasteiger partial charge in [-0.25, -0.2) is 8.42 Å². The highest BCUT2D eigenvalue weighted by atomic mass is 32.2. The minimum atomic E-state index is -4.94. The predicted octanol–water partition coefficient (Wildman–Crippen LogP) is 3.73. The van der Waals surface area contributed by atoms with Crippen molar-refractivity contribution in [3.8, 4) is 11.5 Å². The topological polar surface area (TPSA) is 111 Å². The minimum Gasteiger partial charge on any atom is -0.454 e. The molecule has 1 atom stereocenters. The molecule has 13 heteroatoms. The van der Waals surface area contributed by atoms with Crippen molar-refractivity contribution in [2.45, 2.75) is 30.1 Å². The molecule has 0 unspecified atom stereocenters. The number of halogens is 3. The third-order valence-corrected chi connectivity index (χ3v) is 8.17. The number of hydrogen-bond donors (Lipinski definition) is 1. The Morgan fingerprint density at radius 1 is 0.974 bits per heavy atom. The van der Waals surface area contributed by atoms with Gasteiger partial charge in [-0.1, -0.05) is 36.4 Å². The smallest absolute Gasteiger partial charge is 0.417 e. The van der Waals surface area contributed by atoms with E-state index in [2.05, 4.69) is 5.32 Å². The molecule has 5 rings (SSSR count). The van der Waals surface area contributed by atoms with Crippen molar-refractivity contribution in [3.63, 3.8) is 0 Å². The van der Waals surface area contributed by atoms with Crippen LogP contribution in [-0.4, -0.2) is 44.0 Å². The molecule has 0 saturated carbocycles. The molecule has 1 amide bonds. The van der Waals surface area contributed by atoms with E-state index in [4.69, 9.17) is 14.2 Å². The van der Waals surface area contributed by atoms with E-state index in [1.54, 1.807) is 36.4 Å². The summed E-state index contributed by atoms with van der Waals surface area (Å²) in [6.07, 6.45) is -5.09. The van der Waals surface area contributed by atoms with E-state index in [1.165, 1.54) is 12.1 Å². The Morgan fingerprint density at radius 2 is 1.67 bits per heavy atom. The molecular formula is C26H21F3N2O7S. The molecule has 3 aromatic carbocycles. The highest BCUT2D eigenvalue weighted by Crippen LogP contribution is 2.38. The quantitative estimate of drug-likeness (QED) is 0.456. The molecule has 0 fully saturated rings. The maximum Gasteiger partial charge on any atom is 0.417 e. The standard InChI is InChI=1S/C26H21F3N2O7S/c27-26(28,29)19-7-3-4-8-23(19)39(34,35)31-13-17-6-2-1-5-16(17)11-20(31)25(33)36-14-24(32)30-18-9-10-21-22(12-18)38-15-37-21/h1-10,12,20H,11,13-15H2,(H,30,32)/t20-/m0/s1. The highest BCUT2D eigenvalue weighted by Gasteiger charge is 2.44. The number of fused-ring (bicyclic) bond motifs is 2. The number of rotatable bonds is 6. The van der Waals surface area contributed by atoms with Crippen LogP contribution in [0.4, 0.5) is 18.9 Å². The van der Waals surface area contributed by atoms with Crippen molar-refractivity contribution >= 4 is 27.6 Å². The lowest BCUT2D eigenvalue weighted by Crippen LogP contribution is -2.49. The zero-order valence-corrected chi connectivity index (χ0v) is 20.9. The number of nitrogens with one attached hydrogen (secondary N) is 1. The van der Waals surface area contributed by atoms with Crippen LogP contribution in [0.2, 0.25) is 0 Å². The van der Waals surface area contributed by atoms with Crippen molar-refractivity contribution < 1.29 is 45.4 Å². The largest absolute Gasteiger partial charge is 0.454 e. The zero-order chi connectivity index (χ0) is 27.8. The average Bonchev–Trinajstić information content (AvgIpc) is 3.38. The van der Waals surface area contributed by atoms with Gasteiger partial charge < -0.3 is 19.5 Å². The molecule has 0 spiro atoms. The van der Waals surface area contributed by atoms with Crippen LogP contribution in [0.1, 0.15) is 16.7 Å². The second-order valence-electron chi connectivity index (χ2n) is 8.76. The lowest BCUT2D eigenvalue weighted by atomic mass is 9.96.